The molecule has 1 aliphatic rings. The summed E-state index contributed by atoms with van der Waals surface area (Å²) in [6.45, 7) is 2.18. The summed E-state index contributed by atoms with van der Waals surface area (Å²) < 4.78 is 6.16. The predicted molar refractivity (Wildman–Crippen MR) is 120 cm³/mol. The summed E-state index contributed by atoms with van der Waals surface area (Å²) in [6, 6.07) is 14.1. The molecule has 160 valence electrons. The zero-order valence-electron chi connectivity index (χ0n) is 17.2. The van der Waals surface area contributed by atoms with Gasteiger partial charge in [0, 0.05) is 23.1 Å². The van der Waals surface area contributed by atoms with E-state index in [1.807, 2.05) is 24.3 Å². The van der Waals surface area contributed by atoms with Gasteiger partial charge in [0.1, 0.15) is 0 Å². The van der Waals surface area contributed by atoms with Crippen LogP contribution in [0, 0.1) is 10.1 Å². The number of nitrogens with one attached hydrogen (secondary N) is 1. The number of aromatic nitrogens is 3. The molecule has 1 aliphatic heterocycles. The van der Waals surface area contributed by atoms with E-state index < -0.39 is 11.2 Å². The molecular formula is C22H23N5O3S. The monoisotopic (exact) mass is 437 g/mol. The number of nitro groups is 1. The molecule has 0 saturated heterocycles. The van der Waals surface area contributed by atoms with Crippen molar-refractivity contribution in [1.82, 2.24) is 15.2 Å². The summed E-state index contributed by atoms with van der Waals surface area (Å²) in [5, 5.41) is 24.0. The van der Waals surface area contributed by atoms with E-state index in [0.717, 1.165) is 23.4 Å². The predicted octanol–water partition coefficient (Wildman–Crippen LogP) is 5.62. The van der Waals surface area contributed by atoms with Crippen LogP contribution < -0.4 is 10.1 Å². The minimum absolute atomic E-state index is 0.0199. The van der Waals surface area contributed by atoms with Crippen LogP contribution in [0.1, 0.15) is 44.4 Å². The van der Waals surface area contributed by atoms with Gasteiger partial charge in [0.2, 0.25) is 17.3 Å². The maximum absolute atomic E-state index is 11.6. The zero-order chi connectivity index (χ0) is 21.6. The summed E-state index contributed by atoms with van der Waals surface area (Å²) in [7, 11) is 0. The number of ether oxygens (including phenoxy) is 1. The molecule has 2 aromatic carbocycles. The molecule has 0 bridgehead atoms. The van der Waals surface area contributed by atoms with Crippen molar-refractivity contribution in [2.75, 3.05) is 11.1 Å². The Hall–Kier alpha value is -3.20. The van der Waals surface area contributed by atoms with Gasteiger partial charge in [-0.2, -0.15) is 4.98 Å². The van der Waals surface area contributed by atoms with Crippen LogP contribution >= 0.6 is 11.8 Å². The van der Waals surface area contributed by atoms with Crippen LogP contribution in [0.3, 0.4) is 0 Å². The maximum Gasteiger partial charge on any atom is 0.278 e. The summed E-state index contributed by atoms with van der Waals surface area (Å²) >= 11 is 1.54. The SMILES string of the molecule is CCCCCCSc1nnc2c(n1)OC(c1ccccc1[N+](=O)[O-])Nc1ccccc1-2. The van der Waals surface area contributed by atoms with E-state index in [4.69, 9.17) is 4.74 Å². The standard InChI is InChI=1S/C22H23N5O3S/c1-2-3-4-9-14-31-22-24-21-19(25-26-22)15-10-5-7-12-17(15)23-20(30-21)16-11-6-8-13-18(16)27(28)29/h5-8,10-13,20,23H,2-4,9,14H2,1H3. The van der Waals surface area contributed by atoms with Crippen molar-refractivity contribution >= 4 is 23.1 Å². The number of thioether (sulfide) groups is 1. The lowest BCUT2D eigenvalue weighted by Gasteiger charge is -2.19. The Morgan fingerprint density at radius 3 is 2.74 bits per heavy atom. The van der Waals surface area contributed by atoms with Gasteiger partial charge in [-0.1, -0.05) is 68.3 Å². The summed E-state index contributed by atoms with van der Waals surface area (Å²) in [4.78, 5) is 15.8. The summed E-state index contributed by atoms with van der Waals surface area (Å²) in [6.07, 6.45) is 3.88. The third kappa shape index (κ3) is 4.77. The third-order valence-corrected chi connectivity index (χ3v) is 5.90. The van der Waals surface area contributed by atoms with Gasteiger partial charge in [-0.25, -0.2) is 0 Å². The topological polar surface area (TPSA) is 103 Å². The number of rotatable bonds is 8. The summed E-state index contributed by atoms with van der Waals surface area (Å²) in [5.41, 5.74) is 2.45. The van der Waals surface area contributed by atoms with Crippen molar-refractivity contribution < 1.29 is 9.66 Å². The first-order valence-electron chi connectivity index (χ1n) is 10.3. The highest BCUT2D eigenvalue weighted by molar-refractivity contribution is 7.99. The minimum atomic E-state index is -0.789. The van der Waals surface area contributed by atoms with Crippen LogP contribution in [-0.2, 0) is 0 Å². The molecular weight excluding hydrogens is 414 g/mol. The Labute approximate surface area is 184 Å². The average Bonchev–Trinajstić information content (AvgIpc) is 2.95. The first-order chi connectivity index (χ1) is 15.2. The number of nitrogens with zero attached hydrogens (tertiary/aromatic N) is 4. The van der Waals surface area contributed by atoms with E-state index in [0.29, 0.717) is 22.3 Å². The fourth-order valence-corrected chi connectivity index (χ4v) is 4.19. The lowest BCUT2D eigenvalue weighted by Crippen LogP contribution is -2.18. The van der Waals surface area contributed by atoms with Crippen LogP contribution in [0.15, 0.2) is 53.7 Å². The van der Waals surface area contributed by atoms with E-state index in [1.165, 1.54) is 25.3 Å². The van der Waals surface area contributed by atoms with Gasteiger partial charge in [-0.05, 0) is 18.6 Å². The van der Waals surface area contributed by atoms with Gasteiger partial charge in [0.25, 0.3) is 5.69 Å². The van der Waals surface area contributed by atoms with Crippen molar-refractivity contribution in [2.45, 2.75) is 44.0 Å². The van der Waals surface area contributed by atoms with Gasteiger partial charge < -0.3 is 10.1 Å². The average molecular weight is 438 g/mol. The van der Waals surface area contributed by atoms with Crippen LogP contribution in [0.5, 0.6) is 5.88 Å². The number of fused-ring (bicyclic) bond motifs is 3. The highest BCUT2D eigenvalue weighted by Crippen LogP contribution is 2.40. The molecule has 31 heavy (non-hydrogen) atoms. The van der Waals surface area contributed by atoms with Crippen molar-refractivity contribution in [3.63, 3.8) is 0 Å². The molecule has 1 unspecified atom stereocenters. The Balaban J connectivity index is 1.68. The molecule has 2 heterocycles. The second-order valence-electron chi connectivity index (χ2n) is 7.16. The number of para-hydroxylation sites is 2. The Kier molecular flexibility index (Phi) is 6.61. The molecule has 0 amide bonds. The van der Waals surface area contributed by atoms with Gasteiger partial charge in [0.05, 0.1) is 10.5 Å². The fourth-order valence-electron chi connectivity index (χ4n) is 3.42. The summed E-state index contributed by atoms with van der Waals surface area (Å²) in [5.74, 6) is 1.22. The Bertz CT molecular complexity index is 1080. The number of anilines is 1. The second kappa shape index (κ2) is 9.74. The molecule has 0 radical (unpaired) electrons. The van der Waals surface area contributed by atoms with E-state index in [1.54, 1.807) is 30.0 Å². The van der Waals surface area contributed by atoms with Gasteiger partial charge in [-0.3, -0.25) is 10.1 Å². The van der Waals surface area contributed by atoms with Gasteiger partial charge in [-0.15, -0.1) is 10.2 Å². The molecule has 0 fully saturated rings. The molecule has 1 atom stereocenters. The highest BCUT2D eigenvalue weighted by atomic mass is 32.2. The number of unbranched alkanes of at least 4 members (excludes halogenated alkanes) is 3. The normalized spacial score (nSPS) is 14.5. The molecule has 0 aliphatic carbocycles. The van der Waals surface area contributed by atoms with Crippen LogP contribution in [0.2, 0.25) is 0 Å². The first-order valence-corrected chi connectivity index (χ1v) is 11.3. The molecule has 8 nitrogen and oxygen atoms in total. The van der Waals surface area contributed by atoms with Crippen molar-refractivity contribution in [1.29, 1.82) is 0 Å². The third-order valence-electron chi connectivity index (χ3n) is 4.98. The fraction of sp³-hybridized carbons (Fsp3) is 0.318. The van der Waals surface area contributed by atoms with Gasteiger partial charge >= 0.3 is 0 Å². The molecule has 0 saturated carbocycles. The van der Waals surface area contributed by atoms with Crippen molar-refractivity contribution in [3.8, 4) is 17.1 Å². The zero-order valence-corrected chi connectivity index (χ0v) is 18.0. The van der Waals surface area contributed by atoms with Crippen molar-refractivity contribution in [3.05, 3.63) is 64.2 Å². The van der Waals surface area contributed by atoms with E-state index in [-0.39, 0.29) is 5.69 Å². The maximum atomic E-state index is 11.6. The number of hydrogen-bond donors (Lipinski definition) is 1. The molecule has 3 aromatic rings. The van der Waals surface area contributed by atoms with Crippen LogP contribution in [-0.4, -0.2) is 25.9 Å². The quantitative estimate of drug-likeness (QED) is 0.209. The minimum Gasteiger partial charge on any atom is -0.447 e. The van der Waals surface area contributed by atoms with E-state index in [2.05, 4.69) is 27.4 Å². The lowest BCUT2D eigenvalue weighted by atomic mass is 10.1. The van der Waals surface area contributed by atoms with E-state index in [9.17, 15) is 10.1 Å². The smallest absolute Gasteiger partial charge is 0.278 e. The highest BCUT2D eigenvalue weighted by Gasteiger charge is 2.30. The molecule has 1 aromatic heterocycles. The van der Waals surface area contributed by atoms with Crippen LogP contribution in [0.25, 0.3) is 11.3 Å². The molecule has 4 rings (SSSR count). The molecule has 9 heteroatoms. The van der Waals surface area contributed by atoms with Crippen LogP contribution in [0.4, 0.5) is 11.4 Å². The lowest BCUT2D eigenvalue weighted by molar-refractivity contribution is -0.386. The Morgan fingerprint density at radius 1 is 1.10 bits per heavy atom. The molecule has 1 N–H and O–H groups in total. The number of benzene rings is 2. The Morgan fingerprint density at radius 2 is 1.90 bits per heavy atom. The largest absolute Gasteiger partial charge is 0.447 e. The van der Waals surface area contributed by atoms with Gasteiger partial charge in [0.15, 0.2) is 5.69 Å². The number of hydrogen-bond acceptors (Lipinski definition) is 8. The molecule has 0 spiro atoms. The number of nitro benzene ring substituents is 1. The second-order valence-corrected chi connectivity index (χ2v) is 8.22. The van der Waals surface area contributed by atoms with E-state index >= 15 is 0 Å². The first kappa shape index (κ1) is 21.0. The van der Waals surface area contributed by atoms with Crippen molar-refractivity contribution in [2.24, 2.45) is 0 Å².